The van der Waals surface area contributed by atoms with Crippen molar-refractivity contribution in [2.45, 2.75) is 38.0 Å². The van der Waals surface area contributed by atoms with Crippen molar-refractivity contribution >= 4 is 0 Å². The Morgan fingerprint density at radius 2 is 2.15 bits per heavy atom. The van der Waals surface area contributed by atoms with Crippen LogP contribution in [0.15, 0.2) is 0 Å². The molecular weight excluding hydrogens is 181 g/mol. The van der Waals surface area contributed by atoms with E-state index in [2.05, 4.69) is 0 Å². The Morgan fingerprint density at radius 3 is 2.62 bits per heavy atom. The summed E-state index contributed by atoms with van der Waals surface area (Å²) in [5, 5.41) is 0. The van der Waals surface area contributed by atoms with Crippen molar-refractivity contribution in [3.8, 4) is 0 Å². The molecule has 0 spiro atoms. The number of hydrogen-bond acceptors (Lipinski definition) is 2. The number of nitrogens with two attached hydrogens (primary N) is 1. The van der Waals surface area contributed by atoms with E-state index < -0.39 is 12.2 Å². The largest absolute Gasteiger partial charge is 0.404 e. The molecule has 0 aromatic rings. The minimum absolute atomic E-state index is 0.172. The highest BCUT2D eigenvalue weighted by molar-refractivity contribution is 4.88. The normalized spacial score (nSPS) is 27.9. The lowest BCUT2D eigenvalue weighted by Gasteiger charge is -2.30. The van der Waals surface area contributed by atoms with Crippen LogP contribution in [0.4, 0.5) is 13.2 Å². The highest BCUT2D eigenvalue weighted by atomic mass is 19.4. The quantitative estimate of drug-likeness (QED) is 0.722. The summed E-state index contributed by atoms with van der Waals surface area (Å²) in [6, 6.07) is -1.44. The topological polar surface area (TPSA) is 29.3 Å². The second-order valence-corrected chi connectivity index (χ2v) is 3.52. The molecule has 1 aliphatic rings. The van der Waals surface area contributed by atoms with Crippen LogP contribution in [0, 0.1) is 0 Å². The Hall–Kier alpha value is -0.290. The molecule has 0 bridgehead atoms. The van der Waals surface area contributed by atoms with Crippen molar-refractivity contribution in [2.24, 2.45) is 5.73 Å². The monoisotopic (exact) mass is 196 g/mol. The fraction of sp³-hybridized carbons (Fsp3) is 1.00. The fourth-order valence-electron chi connectivity index (χ4n) is 1.80. The minimum Gasteiger partial charge on any atom is -0.329 e. The van der Waals surface area contributed by atoms with Gasteiger partial charge in [0.1, 0.15) is 6.04 Å². The molecule has 2 nitrogen and oxygen atoms in total. The van der Waals surface area contributed by atoms with Crippen molar-refractivity contribution in [3.05, 3.63) is 0 Å². The lowest BCUT2D eigenvalue weighted by molar-refractivity contribution is -0.179. The Kier molecular flexibility index (Phi) is 3.18. The van der Waals surface area contributed by atoms with Crippen molar-refractivity contribution < 1.29 is 13.2 Å². The van der Waals surface area contributed by atoms with Crippen molar-refractivity contribution in [2.75, 3.05) is 13.1 Å². The first-order valence-corrected chi connectivity index (χ1v) is 4.49. The molecule has 0 radical (unpaired) electrons. The predicted molar refractivity (Wildman–Crippen MR) is 44.3 cm³/mol. The second-order valence-electron chi connectivity index (χ2n) is 3.52. The summed E-state index contributed by atoms with van der Waals surface area (Å²) >= 11 is 0. The fourth-order valence-corrected chi connectivity index (χ4v) is 1.80. The van der Waals surface area contributed by atoms with Crippen LogP contribution >= 0.6 is 0 Å². The van der Waals surface area contributed by atoms with Gasteiger partial charge in [-0.2, -0.15) is 13.2 Å². The average molecular weight is 196 g/mol. The number of likely N-dealkylation sites (tertiary alicyclic amines) is 1. The number of rotatable bonds is 2. The second kappa shape index (κ2) is 3.84. The third kappa shape index (κ3) is 2.34. The predicted octanol–water partition coefficient (Wildman–Crippen LogP) is 1.36. The smallest absolute Gasteiger partial charge is 0.329 e. The summed E-state index contributed by atoms with van der Waals surface area (Å²) < 4.78 is 37.3. The first-order valence-electron chi connectivity index (χ1n) is 4.49. The van der Waals surface area contributed by atoms with Crippen LogP contribution in [0.5, 0.6) is 0 Å². The van der Waals surface area contributed by atoms with Gasteiger partial charge in [0.2, 0.25) is 0 Å². The van der Waals surface area contributed by atoms with E-state index in [4.69, 9.17) is 5.73 Å². The standard InChI is InChI=1S/C8H15F3N2/c1-6(5-12)13-4-2-3-7(13)8(9,10)11/h6-7H,2-5,12H2,1H3. The molecule has 78 valence electrons. The highest BCUT2D eigenvalue weighted by Crippen LogP contribution is 2.33. The zero-order valence-electron chi connectivity index (χ0n) is 7.64. The summed E-state index contributed by atoms with van der Waals surface area (Å²) in [6.45, 7) is 2.54. The van der Waals surface area contributed by atoms with Crippen LogP contribution in [0.2, 0.25) is 0 Å². The van der Waals surface area contributed by atoms with Crippen LogP contribution in [0.25, 0.3) is 0 Å². The van der Waals surface area contributed by atoms with Crippen LogP contribution in [0.1, 0.15) is 19.8 Å². The van der Waals surface area contributed by atoms with Gasteiger partial charge in [0.15, 0.2) is 0 Å². The molecule has 13 heavy (non-hydrogen) atoms. The molecule has 1 aliphatic heterocycles. The van der Waals surface area contributed by atoms with Gasteiger partial charge in [0, 0.05) is 12.6 Å². The van der Waals surface area contributed by atoms with Gasteiger partial charge in [-0.3, -0.25) is 4.90 Å². The van der Waals surface area contributed by atoms with Gasteiger partial charge in [-0.25, -0.2) is 0 Å². The third-order valence-corrected chi connectivity index (χ3v) is 2.58. The maximum atomic E-state index is 12.4. The van der Waals surface area contributed by atoms with Crippen molar-refractivity contribution in [3.63, 3.8) is 0 Å². The molecule has 5 heteroatoms. The lowest BCUT2D eigenvalue weighted by atomic mass is 10.2. The van der Waals surface area contributed by atoms with E-state index in [1.165, 1.54) is 4.90 Å². The van der Waals surface area contributed by atoms with E-state index in [0.717, 1.165) is 0 Å². The lowest BCUT2D eigenvalue weighted by Crippen LogP contribution is -2.48. The Bertz CT molecular complexity index is 169. The molecule has 2 unspecified atom stereocenters. The van der Waals surface area contributed by atoms with Crippen LogP contribution in [-0.2, 0) is 0 Å². The molecule has 1 rings (SSSR count). The van der Waals surface area contributed by atoms with E-state index in [1.54, 1.807) is 6.92 Å². The zero-order chi connectivity index (χ0) is 10.1. The summed E-state index contributed by atoms with van der Waals surface area (Å²) in [7, 11) is 0. The van der Waals surface area contributed by atoms with Gasteiger partial charge in [-0.05, 0) is 26.3 Å². The number of halogens is 3. The molecule has 0 aliphatic carbocycles. The van der Waals surface area contributed by atoms with Gasteiger partial charge in [0.25, 0.3) is 0 Å². The zero-order valence-corrected chi connectivity index (χ0v) is 7.64. The van der Waals surface area contributed by atoms with Gasteiger partial charge in [0.05, 0.1) is 0 Å². The molecule has 0 saturated carbocycles. The molecule has 1 fully saturated rings. The molecule has 2 N–H and O–H groups in total. The van der Waals surface area contributed by atoms with Gasteiger partial charge in [-0.1, -0.05) is 0 Å². The van der Waals surface area contributed by atoms with E-state index in [0.29, 0.717) is 13.0 Å². The minimum atomic E-state index is -4.10. The average Bonchev–Trinajstić information content (AvgIpc) is 2.49. The van der Waals surface area contributed by atoms with Gasteiger partial charge in [-0.15, -0.1) is 0 Å². The Labute approximate surface area is 75.9 Å². The Morgan fingerprint density at radius 1 is 1.54 bits per heavy atom. The van der Waals surface area contributed by atoms with Gasteiger partial charge < -0.3 is 5.73 Å². The van der Waals surface area contributed by atoms with E-state index in [-0.39, 0.29) is 19.0 Å². The van der Waals surface area contributed by atoms with E-state index >= 15 is 0 Å². The highest BCUT2D eigenvalue weighted by Gasteiger charge is 2.46. The summed E-state index contributed by atoms with van der Waals surface area (Å²) in [5.74, 6) is 0. The third-order valence-electron chi connectivity index (χ3n) is 2.58. The molecule has 2 atom stereocenters. The maximum Gasteiger partial charge on any atom is 0.404 e. The first-order chi connectivity index (χ1) is 5.96. The molecule has 1 heterocycles. The summed E-state index contributed by atoms with van der Waals surface area (Å²) in [6.07, 6.45) is -3.26. The Balaban J connectivity index is 2.64. The van der Waals surface area contributed by atoms with E-state index in [1.807, 2.05) is 0 Å². The maximum absolute atomic E-state index is 12.4. The number of alkyl halides is 3. The van der Waals surface area contributed by atoms with Crippen molar-refractivity contribution in [1.82, 2.24) is 4.90 Å². The van der Waals surface area contributed by atoms with Crippen LogP contribution < -0.4 is 5.73 Å². The first kappa shape index (κ1) is 10.8. The van der Waals surface area contributed by atoms with Gasteiger partial charge >= 0.3 is 6.18 Å². The van der Waals surface area contributed by atoms with Crippen LogP contribution in [0.3, 0.4) is 0 Å². The molecule has 0 aromatic heterocycles. The summed E-state index contributed by atoms with van der Waals surface area (Å²) in [4.78, 5) is 1.46. The molecule has 1 saturated heterocycles. The number of hydrogen-bond donors (Lipinski definition) is 1. The van der Waals surface area contributed by atoms with E-state index in [9.17, 15) is 13.2 Å². The molecular formula is C8H15F3N2. The summed E-state index contributed by atoms with van der Waals surface area (Å²) in [5.41, 5.74) is 5.35. The number of nitrogens with zero attached hydrogens (tertiary/aromatic N) is 1. The SMILES string of the molecule is CC(CN)N1CCCC1C(F)(F)F. The van der Waals surface area contributed by atoms with Crippen molar-refractivity contribution in [1.29, 1.82) is 0 Å². The van der Waals surface area contributed by atoms with Crippen LogP contribution in [-0.4, -0.2) is 36.2 Å². The molecule has 0 aromatic carbocycles. The molecule has 0 amide bonds.